The maximum Gasteiger partial charge on any atom is 0.192 e. The Hall–Kier alpha value is -0.423. The molecule has 0 fully saturated rings. The molecule has 0 spiro atoms. The minimum atomic E-state index is -1.73. The topological polar surface area (TPSA) is 12.5 Å². The number of fused-ring (bicyclic) bond motifs is 1. The third kappa shape index (κ3) is 7.12. The summed E-state index contributed by atoms with van der Waals surface area (Å²) in [4.78, 5) is 2.58. The SMILES string of the molecule is CC(C)(C)[Si](C)(C)OC[C@@H](/C=C\CCCCCCBr)N1Cc2ccccc2C1. The van der Waals surface area contributed by atoms with Crippen molar-refractivity contribution in [3.8, 4) is 0 Å². The summed E-state index contributed by atoms with van der Waals surface area (Å²) in [5.41, 5.74) is 2.95. The highest BCUT2D eigenvalue weighted by atomic mass is 79.9. The van der Waals surface area contributed by atoms with E-state index in [0.717, 1.165) is 25.0 Å². The van der Waals surface area contributed by atoms with Gasteiger partial charge in [0, 0.05) is 18.4 Å². The van der Waals surface area contributed by atoms with Crippen LogP contribution in [-0.2, 0) is 17.5 Å². The van der Waals surface area contributed by atoms with Gasteiger partial charge in [-0.15, -0.1) is 0 Å². The highest BCUT2D eigenvalue weighted by Crippen LogP contribution is 2.37. The summed E-state index contributed by atoms with van der Waals surface area (Å²) in [5.74, 6) is 0. The standard InChI is InChI=1S/C24H40BrNOSi/c1-24(2,3)28(4,5)27-20-23(16-10-8-6-7-9-13-17-25)26-18-21-14-11-12-15-22(21)19-26/h10-12,14-16,23H,6-9,13,17-20H2,1-5H3/b16-10-/t23-/m1/s1. The van der Waals surface area contributed by atoms with Gasteiger partial charge in [-0.05, 0) is 48.5 Å². The molecule has 158 valence electrons. The molecule has 0 radical (unpaired) electrons. The number of rotatable bonds is 11. The number of nitrogens with zero attached hydrogens (tertiary/aromatic N) is 1. The molecule has 0 aromatic heterocycles. The Bertz CT molecular complexity index is 598. The Morgan fingerprint density at radius 2 is 1.68 bits per heavy atom. The van der Waals surface area contributed by atoms with Crippen LogP contribution in [0.15, 0.2) is 36.4 Å². The summed E-state index contributed by atoms with van der Waals surface area (Å²) in [6, 6.07) is 9.23. The zero-order chi connectivity index (χ0) is 20.6. The van der Waals surface area contributed by atoms with Gasteiger partial charge in [0.25, 0.3) is 0 Å². The van der Waals surface area contributed by atoms with E-state index in [-0.39, 0.29) is 5.04 Å². The quantitative estimate of drug-likeness (QED) is 0.147. The Labute approximate surface area is 183 Å². The van der Waals surface area contributed by atoms with Crippen molar-refractivity contribution < 1.29 is 4.43 Å². The minimum absolute atomic E-state index is 0.255. The Balaban J connectivity index is 1.96. The lowest BCUT2D eigenvalue weighted by atomic mass is 10.1. The molecule has 1 aliphatic heterocycles. The molecule has 0 bridgehead atoms. The summed E-state index contributed by atoms with van der Waals surface area (Å²) >= 11 is 3.52. The second kappa shape index (κ2) is 11.1. The van der Waals surface area contributed by atoms with Crippen molar-refractivity contribution >= 4 is 24.2 Å². The summed E-state index contributed by atoms with van der Waals surface area (Å²) in [5, 5.41) is 1.38. The molecule has 4 heteroatoms. The van der Waals surface area contributed by atoms with E-state index in [1.54, 1.807) is 0 Å². The highest BCUT2D eigenvalue weighted by Gasteiger charge is 2.38. The van der Waals surface area contributed by atoms with Crippen LogP contribution in [0, 0.1) is 0 Å². The van der Waals surface area contributed by atoms with E-state index in [1.165, 1.54) is 43.2 Å². The van der Waals surface area contributed by atoms with Crippen molar-refractivity contribution in [3.63, 3.8) is 0 Å². The Kier molecular flexibility index (Phi) is 9.46. The first-order chi connectivity index (χ1) is 13.2. The van der Waals surface area contributed by atoms with Gasteiger partial charge in [-0.2, -0.15) is 0 Å². The second-order valence-corrected chi connectivity index (χ2v) is 15.2. The average molecular weight is 467 g/mol. The number of hydrogen-bond acceptors (Lipinski definition) is 2. The molecule has 0 saturated carbocycles. The molecule has 28 heavy (non-hydrogen) atoms. The zero-order valence-corrected chi connectivity index (χ0v) is 21.2. The first-order valence-electron chi connectivity index (χ1n) is 10.9. The van der Waals surface area contributed by atoms with Gasteiger partial charge >= 0.3 is 0 Å². The molecule has 0 saturated heterocycles. The molecule has 1 atom stereocenters. The lowest BCUT2D eigenvalue weighted by molar-refractivity contribution is 0.155. The largest absolute Gasteiger partial charge is 0.415 e. The van der Waals surface area contributed by atoms with Crippen LogP contribution >= 0.6 is 15.9 Å². The van der Waals surface area contributed by atoms with Crippen LogP contribution in [0.3, 0.4) is 0 Å². The lowest BCUT2D eigenvalue weighted by Gasteiger charge is -2.38. The van der Waals surface area contributed by atoms with Crippen LogP contribution in [0.5, 0.6) is 0 Å². The number of halogens is 1. The average Bonchev–Trinajstić information content (AvgIpc) is 3.06. The third-order valence-electron chi connectivity index (χ3n) is 6.37. The van der Waals surface area contributed by atoms with Crippen LogP contribution < -0.4 is 0 Å². The van der Waals surface area contributed by atoms with Crippen LogP contribution in [0.1, 0.15) is 64.0 Å². The molecule has 0 aliphatic carbocycles. The maximum atomic E-state index is 6.62. The monoisotopic (exact) mass is 465 g/mol. The smallest absolute Gasteiger partial charge is 0.192 e. The number of hydrogen-bond donors (Lipinski definition) is 0. The Morgan fingerprint density at radius 3 is 2.25 bits per heavy atom. The van der Waals surface area contributed by atoms with E-state index in [1.807, 2.05) is 0 Å². The molecule has 0 unspecified atom stereocenters. The molecular formula is C24H40BrNOSi. The lowest BCUT2D eigenvalue weighted by Crippen LogP contribution is -2.44. The summed E-state index contributed by atoms with van der Waals surface area (Å²) < 4.78 is 6.62. The van der Waals surface area contributed by atoms with Crippen molar-refractivity contribution in [2.75, 3.05) is 11.9 Å². The van der Waals surface area contributed by atoms with Gasteiger partial charge < -0.3 is 4.43 Å². The molecule has 1 aromatic rings. The molecule has 1 heterocycles. The van der Waals surface area contributed by atoms with Crippen LogP contribution in [0.4, 0.5) is 0 Å². The molecule has 2 nitrogen and oxygen atoms in total. The van der Waals surface area contributed by atoms with Gasteiger partial charge in [0.2, 0.25) is 0 Å². The molecule has 1 aromatic carbocycles. The van der Waals surface area contributed by atoms with Crippen molar-refractivity contribution in [2.45, 2.75) is 90.1 Å². The number of allylic oxidation sites excluding steroid dienone is 1. The first-order valence-corrected chi connectivity index (χ1v) is 14.9. The van der Waals surface area contributed by atoms with Crippen LogP contribution in [-0.4, -0.2) is 31.2 Å². The van der Waals surface area contributed by atoms with E-state index in [0.29, 0.717) is 6.04 Å². The number of unbranched alkanes of at least 4 members (excludes halogenated alkanes) is 4. The fraction of sp³-hybridized carbons (Fsp3) is 0.667. The fourth-order valence-corrected chi connectivity index (χ4v) is 4.77. The summed E-state index contributed by atoms with van der Waals surface area (Å²) in [6.45, 7) is 14.6. The van der Waals surface area contributed by atoms with Gasteiger partial charge in [-0.3, -0.25) is 4.90 Å². The van der Waals surface area contributed by atoms with Gasteiger partial charge in [-0.1, -0.05) is 86.0 Å². The van der Waals surface area contributed by atoms with Crippen molar-refractivity contribution in [1.82, 2.24) is 4.90 Å². The predicted octanol–water partition coefficient (Wildman–Crippen LogP) is 7.29. The van der Waals surface area contributed by atoms with E-state index in [4.69, 9.17) is 4.43 Å². The second-order valence-electron chi connectivity index (χ2n) is 9.63. The molecule has 2 rings (SSSR count). The number of benzene rings is 1. The van der Waals surface area contributed by atoms with Gasteiger partial charge in [0.1, 0.15) is 0 Å². The van der Waals surface area contributed by atoms with E-state index in [9.17, 15) is 0 Å². The normalized spacial score (nSPS) is 16.6. The predicted molar refractivity (Wildman–Crippen MR) is 129 cm³/mol. The minimum Gasteiger partial charge on any atom is -0.415 e. The van der Waals surface area contributed by atoms with E-state index >= 15 is 0 Å². The van der Waals surface area contributed by atoms with Crippen molar-refractivity contribution in [1.29, 1.82) is 0 Å². The van der Waals surface area contributed by atoms with E-state index in [2.05, 4.69) is 91.1 Å². The van der Waals surface area contributed by atoms with Crippen LogP contribution in [0.2, 0.25) is 18.1 Å². The van der Waals surface area contributed by atoms with Crippen molar-refractivity contribution in [2.24, 2.45) is 0 Å². The van der Waals surface area contributed by atoms with E-state index < -0.39 is 8.32 Å². The maximum absolute atomic E-state index is 6.62. The fourth-order valence-electron chi connectivity index (χ4n) is 3.35. The third-order valence-corrected chi connectivity index (χ3v) is 11.4. The summed E-state index contributed by atoms with van der Waals surface area (Å²) in [7, 11) is -1.73. The zero-order valence-electron chi connectivity index (χ0n) is 18.6. The molecule has 0 amide bonds. The van der Waals surface area contributed by atoms with Gasteiger partial charge in [0.15, 0.2) is 8.32 Å². The molecule has 1 aliphatic rings. The molecule has 0 N–H and O–H groups in total. The first kappa shape index (κ1) is 23.9. The van der Waals surface area contributed by atoms with Crippen LogP contribution in [0.25, 0.3) is 0 Å². The van der Waals surface area contributed by atoms with Gasteiger partial charge in [0.05, 0.1) is 12.6 Å². The van der Waals surface area contributed by atoms with Crippen molar-refractivity contribution in [3.05, 3.63) is 47.5 Å². The van der Waals surface area contributed by atoms with Gasteiger partial charge in [-0.25, -0.2) is 0 Å². The highest BCUT2D eigenvalue weighted by molar-refractivity contribution is 9.09. The summed E-state index contributed by atoms with van der Waals surface area (Å²) in [6.07, 6.45) is 11.2. The number of alkyl halides is 1. The molecular weight excluding hydrogens is 426 g/mol. The Morgan fingerprint density at radius 1 is 1.07 bits per heavy atom.